The van der Waals surface area contributed by atoms with Crippen LogP contribution in [0.2, 0.25) is 0 Å². The molecular formula is C24H30N4O2S. The highest BCUT2D eigenvalue weighted by atomic mass is 32.1. The minimum absolute atomic E-state index is 0.0534. The first kappa shape index (κ1) is 21.6. The molecule has 0 spiro atoms. The highest BCUT2D eigenvalue weighted by molar-refractivity contribution is 7.17. The molecule has 0 radical (unpaired) electrons. The lowest BCUT2D eigenvalue weighted by molar-refractivity contribution is -0.125. The van der Waals surface area contributed by atoms with Crippen molar-refractivity contribution in [3.8, 4) is 5.69 Å². The van der Waals surface area contributed by atoms with E-state index in [0.717, 1.165) is 42.6 Å². The Morgan fingerprint density at radius 3 is 2.77 bits per heavy atom. The van der Waals surface area contributed by atoms with Gasteiger partial charge in [-0.2, -0.15) is 0 Å². The fourth-order valence-electron chi connectivity index (χ4n) is 4.04. The summed E-state index contributed by atoms with van der Waals surface area (Å²) in [6.45, 7) is 8.41. The summed E-state index contributed by atoms with van der Waals surface area (Å²) >= 11 is 1.42. The molecule has 3 heterocycles. The number of nitrogens with one attached hydrogen (secondary N) is 1. The zero-order valence-corrected chi connectivity index (χ0v) is 19.2. The Morgan fingerprint density at radius 1 is 1.26 bits per heavy atom. The zero-order valence-electron chi connectivity index (χ0n) is 18.4. The first-order valence-electron chi connectivity index (χ1n) is 11.0. The molecule has 1 unspecified atom stereocenters. The van der Waals surface area contributed by atoms with Crippen molar-refractivity contribution in [3.63, 3.8) is 0 Å². The molecule has 1 amide bonds. The van der Waals surface area contributed by atoms with Crippen LogP contribution in [0.25, 0.3) is 15.9 Å². The van der Waals surface area contributed by atoms with Gasteiger partial charge in [-0.3, -0.25) is 9.59 Å². The number of thiophene rings is 1. The molecule has 1 aliphatic heterocycles. The predicted octanol–water partition coefficient (Wildman–Crippen LogP) is 4.13. The molecule has 0 aliphatic carbocycles. The largest absolute Gasteiger partial charge is 0.356 e. The van der Waals surface area contributed by atoms with Crippen LogP contribution in [0.3, 0.4) is 0 Å². The third kappa shape index (κ3) is 4.66. The molecule has 1 saturated heterocycles. The van der Waals surface area contributed by atoms with Gasteiger partial charge in [-0.25, -0.2) is 9.55 Å². The molecule has 1 atom stereocenters. The Labute approximate surface area is 186 Å². The molecule has 2 aromatic heterocycles. The summed E-state index contributed by atoms with van der Waals surface area (Å²) in [5.41, 5.74) is 2.61. The summed E-state index contributed by atoms with van der Waals surface area (Å²) in [4.78, 5) is 33.1. The first-order valence-corrected chi connectivity index (χ1v) is 11.9. The molecule has 1 aromatic carbocycles. The maximum atomic E-state index is 13.4. The average Bonchev–Trinajstić information content (AvgIpc) is 3.23. The highest BCUT2D eigenvalue weighted by Gasteiger charge is 2.29. The molecule has 164 valence electrons. The number of hydrogen-bond acceptors (Lipinski definition) is 5. The third-order valence-electron chi connectivity index (χ3n) is 5.85. The van der Waals surface area contributed by atoms with E-state index in [1.54, 1.807) is 4.57 Å². The molecule has 7 heteroatoms. The van der Waals surface area contributed by atoms with Gasteiger partial charge in [0, 0.05) is 19.6 Å². The second-order valence-corrected chi connectivity index (χ2v) is 9.70. The summed E-state index contributed by atoms with van der Waals surface area (Å²) < 4.78 is 2.36. The van der Waals surface area contributed by atoms with E-state index in [-0.39, 0.29) is 17.4 Å². The van der Waals surface area contributed by atoms with E-state index in [2.05, 4.69) is 24.1 Å². The molecule has 4 rings (SSSR count). The van der Waals surface area contributed by atoms with Gasteiger partial charge in [0.05, 0.1) is 17.1 Å². The molecule has 0 bridgehead atoms. The number of benzene rings is 1. The van der Waals surface area contributed by atoms with Gasteiger partial charge in [0.1, 0.15) is 4.70 Å². The van der Waals surface area contributed by atoms with Crippen molar-refractivity contribution in [2.75, 3.05) is 24.5 Å². The molecule has 1 fully saturated rings. The average molecular weight is 439 g/mol. The van der Waals surface area contributed by atoms with Crippen molar-refractivity contribution < 1.29 is 4.79 Å². The van der Waals surface area contributed by atoms with E-state index in [0.29, 0.717) is 29.7 Å². The van der Waals surface area contributed by atoms with Crippen molar-refractivity contribution in [2.24, 2.45) is 11.8 Å². The Hall–Kier alpha value is -2.67. The van der Waals surface area contributed by atoms with Crippen LogP contribution in [-0.2, 0) is 4.79 Å². The zero-order chi connectivity index (χ0) is 22.0. The Morgan fingerprint density at radius 2 is 2.03 bits per heavy atom. The van der Waals surface area contributed by atoms with E-state index in [9.17, 15) is 9.59 Å². The minimum Gasteiger partial charge on any atom is -0.356 e. The Balaban J connectivity index is 1.66. The molecule has 0 saturated carbocycles. The number of hydrogen-bond donors (Lipinski definition) is 1. The topological polar surface area (TPSA) is 67.2 Å². The highest BCUT2D eigenvalue weighted by Crippen LogP contribution is 2.26. The SMILES string of the molecule is Cc1ccc(-n2c(N3CCCC(C(=O)NCCC(C)C)C3)nc3ccsc3c2=O)cc1. The molecule has 1 N–H and O–H groups in total. The fraction of sp³-hybridized carbons (Fsp3) is 0.458. The number of piperidine rings is 1. The van der Waals surface area contributed by atoms with Crippen molar-refractivity contribution in [1.82, 2.24) is 14.9 Å². The molecule has 31 heavy (non-hydrogen) atoms. The maximum Gasteiger partial charge on any atom is 0.277 e. The van der Waals surface area contributed by atoms with Gasteiger partial charge in [-0.05, 0) is 55.7 Å². The van der Waals surface area contributed by atoms with Crippen molar-refractivity contribution in [1.29, 1.82) is 0 Å². The second kappa shape index (κ2) is 9.22. The maximum absolute atomic E-state index is 13.4. The van der Waals surface area contributed by atoms with E-state index < -0.39 is 0 Å². The van der Waals surface area contributed by atoms with Crippen LogP contribution < -0.4 is 15.8 Å². The van der Waals surface area contributed by atoms with E-state index in [4.69, 9.17) is 4.98 Å². The van der Waals surface area contributed by atoms with Gasteiger partial charge < -0.3 is 10.2 Å². The van der Waals surface area contributed by atoms with E-state index in [1.807, 2.05) is 42.6 Å². The molecule has 1 aliphatic rings. The molecule has 6 nitrogen and oxygen atoms in total. The van der Waals surface area contributed by atoms with Crippen LogP contribution in [-0.4, -0.2) is 35.1 Å². The second-order valence-electron chi connectivity index (χ2n) is 8.78. The number of carbonyl (C=O) groups is 1. The number of fused-ring (bicyclic) bond motifs is 1. The minimum atomic E-state index is -0.0950. The first-order chi connectivity index (χ1) is 14.9. The Bertz CT molecular complexity index is 1120. The van der Waals surface area contributed by atoms with Crippen molar-refractivity contribution >= 4 is 33.4 Å². The Kier molecular flexibility index (Phi) is 6.41. The number of carbonyl (C=O) groups excluding carboxylic acids is 1. The lowest BCUT2D eigenvalue weighted by Gasteiger charge is -2.34. The summed E-state index contributed by atoms with van der Waals surface area (Å²) in [5, 5.41) is 5.00. The number of rotatable bonds is 6. The smallest absolute Gasteiger partial charge is 0.277 e. The standard InChI is InChI=1S/C24H30N4O2S/c1-16(2)10-12-25-22(29)18-5-4-13-27(15-18)24-26-20-11-14-31-21(20)23(30)28(24)19-8-6-17(3)7-9-19/h6-9,11,14,16,18H,4-5,10,12-13,15H2,1-3H3,(H,25,29). The van der Waals surface area contributed by atoms with Gasteiger partial charge >= 0.3 is 0 Å². The van der Waals surface area contributed by atoms with Gasteiger partial charge in [0.2, 0.25) is 11.9 Å². The summed E-state index contributed by atoms with van der Waals surface area (Å²) in [7, 11) is 0. The molecule has 3 aromatic rings. The normalized spacial score (nSPS) is 16.8. The van der Waals surface area contributed by atoms with Gasteiger partial charge in [0.25, 0.3) is 5.56 Å². The van der Waals surface area contributed by atoms with E-state index in [1.165, 1.54) is 11.3 Å². The predicted molar refractivity (Wildman–Crippen MR) is 127 cm³/mol. The quantitative estimate of drug-likeness (QED) is 0.628. The van der Waals surface area contributed by atoms with Crippen LogP contribution in [0.1, 0.15) is 38.7 Å². The van der Waals surface area contributed by atoms with Gasteiger partial charge in [-0.1, -0.05) is 31.5 Å². The van der Waals surface area contributed by atoms with Crippen LogP contribution in [0, 0.1) is 18.8 Å². The fourth-order valence-corrected chi connectivity index (χ4v) is 4.80. The number of anilines is 1. The lowest BCUT2D eigenvalue weighted by atomic mass is 9.97. The summed E-state index contributed by atoms with van der Waals surface area (Å²) in [6, 6.07) is 9.82. The van der Waals surface area contributed by atoms with Crippen molar-refractivity contribution in [3.05, 3.63) is 51.6 Å². The van der Waals surface area contributed by atoms with Crippen molar-refractivity contribution in [2.45, 2.75) is 40.0 Å². The summed E-state index contributed by atoms with van der Waals surface area (Å²) in [6.07, 6.45) is 2.73. The lowest BCUT2D eigenvalue weighted by Crippen LogP contribution is -2.45. The van der Waals surface area contributed by atoms with E-state index >= 15 is 0 Å². The van der Waals surface area contributed by atoms with Gasteiger partial charge in [-0.15, -0.1) is 11.3 Å². The van der Waals surface area contributed by atoms with Crippen LogP contribution in [0.4, 0.5) is 5.95 Å². The summed E-state index contributed by atoms with van der Waals surface area (Å²) in [5.74, 6) is 1.20. The number of aryl methyl sites for hydroxylation is 1. The number of amides is 1. The third-order valence-corrected chi connectivity index (χ3v) is 6.74. The monoisotopic (exact) mass is 438 g/mol. The van der Waals surface area contributed by atoms with Crippen LogP contribution in [0.15, 0.2) is 40.5 Å². The number of aromatic nitrogens is 2. The van der Waals surface area contributed by atoms with Crippen LogP contribution >= 0.6 is 11.3 Å². The number of nitrogens with zero attached hydrogens (tertiary/aromatic N) is 3. The molecular weight excluding hydrogens is 408 g/mol. The van der Waals surface area contributed by atoms with Crippen LogP contribution in [0.5, 0.6) is 0 Å². The van der Waals surface area contributed by atoms with Gasteiger partial charge in [0.15, 0.2) is 0 Å².